The van der Waals surface area contributed by atoms with Crippen LogP contribution < -0.4 is 69.3 Å². The van der Waals surface area contributed by atoms with E-state index in [1.807, 2.05) is 0 Å². The van der Waals surface area contributed by atoms with E-state index >= 15 is 0 Å². The molecular weight excluding hydrogens is 446 g/mol. The standard InChI is InChI=1S/C20H38O7S.2Na.H2O/c1-15(2)11-7-5-9-13-20(19(23)24,14-10-6-8-12-16(3)4)17(18(21)22)28(25,26)27;;;/h15-17H,5-14H2,1-4H3,(H,21,22)(H,23,24)(H,25,26,27);;;1H2/q;2*+1;/p-2. The molecule has 0 bridgehead atoms. The Hall–Kier alpha value is 0.810. The summed E-state index contributed by atoms with van der Waals surface area (Å²) in [5.74, 6) is -2.88. The van der Waals surface area contributed by atoms with Gasteiger partial charge >= 0.3 is 59.1 Å². The second kappa shape index (κ2) is 19.2. The molecule has 0 fully saturated rings. The first-order chi connectivity index (χ1) is 12.8. The van der Waals surface area contributed by atoms with Gasteiger partial charge in [0.15, 0.2) is 0 Å². The first-order valence-corrected chi connectivity index (χ1v) is 11.7. The van der Waals surface area contributed by atoms with Crippen LogP contribution in [0.2, 0.25) is 0 Å². The third-order valence-electron chi connectivity index (χ3n) is 5.23. The van der Waals surface area contributed by atoms with Gasteiger partial charge in [0, 0.05) is 11.4 Å². The molecule has 11 heteroatoms. The number of carboxylic acids is 2. The molecule has 8 nitrogen and oxygen atoms in total. The Labute approximate surface area is 232 Å². The van der Waals surface area contributed by atoms with Crippen molar-refractivity contribution >= 4 is 22.1 Å². The second-order valence-corrected chi connectivity index (χ2v) is 10.1. The number of carbonyl (C=O) groups excluding carboxylic acids is 2. The monoisotopic (exact) mass is 484 g/mol. The van der Waals surface area contributed by atoms with E-state index in [0.717, 1.165) is 25.7 Å². The third kappa shape index (κ3) is 15.4. The Kier molecular flexibility index (Phi) is 24.1. The van der Waals surface area contributed by atoms with Gasteiger partial charge in [-0.3, -0.25) is 4.55 Å². The molecule has 0 saturated carbocycles. The first kappa shape index (κ1) is 39.0. The molecule has 0 aliphatic rings. The van der Waals surface area contributed by atoms with Crippen LogP contribution in [0.4, 0.5) is 0 Å². The molecule has 0 heterocycles. The van der Waals surface area contributed by atoms with Crippen molar-refractivity contribution < 1.29 is 97.4 Å². The van der Waals surface area contributed by atoms with Crippen molar-refractivity contribution in [2.45, 2.75) is 97.2 Å². The van der Waals surface area contributed by atoms with Crippen molar-refractivity contribution in [2.75, 3.05) is 0 Å². The molecule has 0 radical (unpaired) electrons. The van der Waals surface area contributed by atoms with Crippen LogP contribution in [0, 0.1) is 17.3 Å². The van der Waals surface area contributed by atoms with Crippen LogP contribution in [0.1, 0.15) is 91.9 Å². The largest absolute Gasteiger partial charge is 1.00 e. The molecule has 0 saturated heterocycles. The normalized spacial score (nSPS) is 12.5. The zero-order valence-electron chi connectivity index (χ0n) is 20.1. The van der Waals surface area contributed by atoms with Gasteiger partial charge in [0.05, 0.1) is 5.97 Å². The van der Waals surface area contributed by atoms with Gasteiger partial charge in [-0.1, -0.05) is 79.1 Å². The minimum atomic E-state index is -5.16. The Morgan fingerprint density at radius 2 is 1.16 bits per heavy atom. The minimum Gasteiger partial charge on any atom is -0.549 e. The van der Waals surface area contributed by atoms with Gasteiger partial charge in [0.25, 0.3) is 10.1 Å². The average molecular weight is 485 g/mol. The number of unbranched alkanes of at least 4 members (excludes halogenated alkanes) is 4. The van der Waals surface area contributed by atoms with Crippen molar-refractivity contribution in [3.8, 4) is 0 Å². The Balaban J connectivity index is -0.00000121. The van der Waals surface area contributed by atoms with Gasteiger partial charge in [-0.2, -0.15) is 8.42 Å². The summed E-state index contributed by atoms with van der Waals surface area (Å²) in [5.41, 5.74) is -2.19. The number of hydrogen-bond donors (Lipinski definition) is 1. The summed E-state index contributed by atoms with van der Waals surface area (Å²) < 4.78 is 32.9. The fourth-order valence-corrected chi connectivity index (χ4v) is 4.82. The molecular formula is C20H38Na2O8S. The van der Waals surface area contributed by atoms with Crippen LogP contribution in [0.5, 0.6) is 0 Å². The third-order valence-corrected chi connectivity index (χ3v) is 6.47. The van der Waals surface area contributed by atoms with E-state index in [1.165, 1.54) is 0 Å². The number of carboxylic acid groups (broad SMARTS) is 2. The number of aliphatic carboxylic acids is 2. The molecule has 0 rings (SSSR count). The average Bonchev–Trinajstić information content (AvgIpc) is 2.51. The predicted octanol–water partition coefficient (Wildman–Crippen LogP) is -4.87. The van der Waals surface area contributed by atoms with E-state index in [-0.39, 0.29) is 77.4 Å². The van der Waals surface area contributed by atoms with Crippen LogP contribution >= 0.6 is 0 Å². The Morgan fingerprint density at radius 3 is 1.39 bits per heavy atom. The Bertz CT molecular complexity index is 576. The van der Waals surface area contributed by atoms with E-state index in [4.69, 9.17) is 0 Å². The zero-order chi connectivity index (χ0) is 22.0. The molecule has 0 aliphatic carbocycles. The molecule has 3 N–H and O–H groups in total. The van der Waals surface area contributed by atoms with E-state index in [0.29, 0.717) is 37.5 Å². The van der Waals surface area contributed by atoms with Crippen LogP contribution in [-0.2, 0) is 19.7 Å². The van der Waals surface area contributed by atoms with Gasteiger partial charge in [-0.25, -0.2) is 0 Å². The van der Waals surface area contributed by atoms with Gasteiger partial charge in [-0.15, -0.1) is 0 Å². The van der Waals surface area contributed by atoms with Crippen molar-refractivity contribution in [1.29, 1.82) is 0 Å². The van der Waals surface area contributed by atoms with Gasteiger partial charge in [0.2, 0.25) is 0 Å². The van der Waals surface area contributed by atoms with Crippen LogP contribution in [0.3, 0.4) is 0 Å². The van der Waals surface area contributed by atoms with Crippen molar-refractivity contribution in [3.63, 3.8) is 0 Å². The molecule has 0 aliphatic heterocycles. The van der Waals surface area contributed by atoms with Crippen LogP contribution in [-0.4, -0.2) is 35.6 Å². The van der Waals surface area contributed by atoms with E-state index in [1.54, 1.807) is 0 Å². The van der Waals surface area contributed by atoms with Gasteiger partial charge < -0.3 is 25.3 Å². The summed E-state index contributed by atoms with van der Waals surface area (Å²) in [5, 5.41) is 21.0. The van der Waals surface area contributed by atoms with Crippen molar-refractivity contribution in [1.82, 2.24) is 0 Å². The summed E-state index contributed by atoms with van der Waals surface area (Å²) in [7, 11) is -5.16. The number of hydrogen-bond acceptors (Lipinski definition) is 6. The summed E-state index contributed by atoms with van der Waals surface area (Å²) in [6.45, 7) is 8.25. The molecule has 31 heavy (non-hydrogen) atoms. The number of rotatable bonds is 16. The SMILES string of the molecule is CC(C)CCCCCC(CCCCCC(C)C)(C(=O)[O-])C(C(=O)[O-])S(=O)(=O)O.O.[Na+].[Na+]. The Morgan fingerprint density at radius 1 is 0.806 bits per heavy atom. The summed E-state index contributed by atoms with van der Waals surface area (Å²) in [6, 6.07) is 0. The molecule has 174 valence electrons. The second-order valence-electron chi connectivity index (χ2n) is 8.64. The van der Waals surface area contributed by atoms with E-state index in [2.05, 4.69) is 27.7 Å². The molecule has 0 aromatic rings. The number of carbonyl (C=O) groups is 2. The quantitative estimate of drug-likeness (QED) is 0.130. The summed E-state index contributed by atoms with van der Waals surface area (Å²) >= 11 is 0. The fraction of sp³-hybridized carbons (Fsp3) is 0.900. The molecule has 0 aromatic carbocycles. The summed E-state index contributed by atoms with van der Waals surface area (Å²) in [4.78, 5) is 23.5. The molecule has 0 aromatic heterocycles. The maximum Gasteiger partial charge on any atom is 1.00 e. The summed E-state index contributed by atoms with van der Waals surface area (Å²) in [6.07, 6.45) is 5.14. The van der Waals surface area contributed by atoms with Crippen LogP contribution in [0.25, 0.3) is 0 Å². The van der Waals surface area contributed by atoms with Crippen molar-refractivity contribution in [3.05, 3.63) is 0 Å². The van der Waals surface area contributed by atoms with E-state index < -0.39 is 32.7 Å². The van der Waals surface area contributed by atoms with Gasteiger partial charge in [0.1, 0.15) is 5.25 Å². The van der Waals surface area contributed by atoms with Crippen LogP contribution in [0.15, 0.2) is 0 Å². The molecule has 1 unspecified atom stereocenters. The molecule has 0 amide bonds. The fourth-order valence-electron chi connectivity index (χ4n) is 3.67. The minimum absolute atomic E-state index is 0. The van der Waals surface area contributed by atoms with E-state index in [9.17, 15) is 32.8 Å². The van der Waals surface area contributed by atoms with Gasteiger partial charge in [-0.05, 0) is 24.7 Å². The zero-order valence-corrected chi connectivity index (χ0v) is 24.9. The molecule has 0 spiro atoms. The topological polar surface area (TPSA) is 166 Å². The van der Waals surface area contributed by atoms with Crippen molar-refractivity contribution in [2.24, 2.45) is 17.3 Å². The molecule has 1 atom stereocenters. The first-order valence-electron chi connectivity index (χ1n) is 10.2. The smallest absolute Gasteiger partial charge is 0.549 e. The maximum atomic E-state index is 12.0. The predicted molar refractivity (Wildman–Crippen MR) is 107 cm³/mol. The maximum absolute atomic E-state index is 12.0.